The molecular weight excluding hydrogens is 252 g/mol. The number of carbonyl (C=O) groups excluding carboxylic acids is 1. The van der Waals surface area contributed by atoms with Gasteiger partial charge in [-0.3, -0.25) is 4.79 Å². The molecular formula is C16H20N2O2. The van der Waals surface area contributed by atoms with Gasteiger partial charge >= 0.3 is 0 Å². The molecule has 4 nitrogen and oxygen atoms in total. The van der Waals surface area contributed by atoms with Crippen LogP contribution in [0.5, 0.6) is 5.75 Å². The second-order valence-corrected chi connectivity index (χ2v) is 4.67. The quantitative estimate of drug-likeness (QED) is 0.812. The van der Waals surface area contributed by atoms with Crippen molar-refractivity contribution >= 4 is 5.91 Å². The van der Waals surface area contributed by atoms with Gasteiger partial charge in [0.25, 0.3) is 0 Å². The smallest absolute Gasteiger partial charge is 0.220 e. The first kappa shape index (κ1) is 14.2. The summed E-state index contributed by atoms with van der Waals surface area (Å²) in [7, 11) is 1.65. The Bertz CT molecular complexity index is 535. The summed E-state index contributed by atoms with van der Waals surface area (Å²) in [5.74, 6) is 0.915. The maximum absolute atomic E-state index is 11.7. The lowest BCUT2D eigenvalue weighted by Gasteiger charge is -2.06. The molecule has 0 saturated heterocycles. The number of aryl methyl sites for hydroxylation is 1. The average Bonchev–Trinajstić information content (AvgIpc) is 2.98. The van der Waals surface area contributed by atoms with Crippen LogP contribution in [0.25, 0.3) is 0 Å². The Morgan fingerprint density at radius 2 is 2.15 bits per heavy atom. The number of rotatable bonds is 7. The summed E-state index contributed by atoms with van der Waals surface area (Å²) in [5, 5.41) is 2.94. The number of nitrogens with one attached hydrogen (secondary N) is 2. The third-order valence-corrected chi connectivity index (χ3v) is 3.17. The van der Waals surface area contributed by atoms with Crippen molar-refractivity contribution in [3.05, 3.63) is 53.9 Å². The summed E-state index contributed by atoms with van der Waals surface area (Å²) in [4.78, 5) is 14.7. The van der Waals surface area contributed by atoms with Gasteiger partial charge in [-0.05, 0) is 42.2 Å². The van der Waals surface area contributed by atoms with Crippen LogP contribution in [-0.2, 0) is 17.6 Å². The highest BCUT2D eigenvalue weighted by Gasteiger charge is 2.03. The van der Waals surface area contributed by atoms with Gasteiger partial charge in [0, 0.05) is 25.4 Å². The Morgan fingerprint density at radius 1 is 1.25 bits per heavy atom. The molecule has 0 aliphatic rings. The number of hydrogen-bond acceptors (Lipinski definition) is 2. The van der Waals surface area contributed by atoms with Gasteiger partial charge in [-0.2, -0.15) is 0 Å². The van der Waals surface area contributed by atoms with Gasteiger partial charge in [0.05, 0.1) is 7.11 Å². The second kappa shape index (κ2) is 7.38. The number of hydrogen-bond donors (Lipinski definition) is 2. The van der Waals surface area contributed by atoms with Crippen LogP contribution in [0, 0.1) is 0 Å². The molecule has 20 heavy (non-hydrogen) atoms. The summed E-state index contributed by atoms with van der Waals surface area (Å²) in [6, 6.07) is 9.84. The lowest BCUT2D eigenvalue weighted by molar-refractivity contribution is -0.121. The fourth-order valence-corrected chi connectivity index (χ4v) is 2.03. The van der Waals surface area contributed by atoms with Crippen LogP contribution in [0.15, 0.2) is 42.7 Å². The van der Waals surface area contributed by atoms with E-state index in [1.807, 2.05) is 42.7 Å². The topological polar surface area (TPSA) is 54.1 Å². The predicted molar refractivity (Wildman–Crippen MR) is 78.8 cm³/mol. The molecule has 1 aromatic carbocycles. The molecule has 1 heterocycles. The van der Waals surface area contributed by atoms with Gasteiger partial charge in [-0.1, -0.05) is 12.1 Å². The molecule has 0 atom stereocenters. The molecule has 1 amide bonds. The molecule has 4 heteroatoms. The van der Waals surface area contributed by atoms with E-state index in [9.17, 15) is 4.79 Å². The minimum absolute atomic E-state index is 0.0864. The maximum atomic E-state index is 11.7. The summed E-state index contributed by atoms with van der Waals surface area (Å²) >= 11 is 0. The molecule has 1 aromatic heterocycles. The molecule has 0 fully saturated rings. The lowest BCUT2D eigenvalue weighted by Crippen LogP contribution is -2.25. The fourth-order valence-electron chi connectivity index (χ4n) is 2.03. The average molecular weight is 272 g/mol. The highest BCUT2D eigenvalue weighted by Crippen LogP contribution is 2.13. The second-order valence-electron chi connectivity index (χ2n) is 4.67. The standard InChI is InChI=1S/C16H20N2O2/c1-20-15-4-2-3-13(11-15)5-6-16(19)18-10-8-14-7-9-17-12-14/h2-4,7,9,11-12,17H,5-6,8,10H2,1H3,(H,18,19). The van der Waals surface area contributed by atoms with Gasteiger partial charge in [0.1, 0.15) is 5.75 Å². The number of aromatic amines is 1. The van der Waals surface area contributed by atoms with E-state index in [0.717, 1.165) is 24.2 Å². The van der Waals surface area contributed by atoms with E-state index in [0.29, 0.717) is 13.0 Å². The number of aromatic nitrogens is 1. The molecule has 0 spiro atoms. The molecule has 2 aromatic rings. The van der Waals surface area contributed by atoms with Crippen LogP contribution < -0.4 is 10.1 Å². The molecule has 0 unspecified atom stereocenters. The van der Waals surface area contributed by atoms with Crippen molar-refractivity contribution in [3.63, 3.8) is 0 Å². The molecule has 0 aliphatic heterocycles. The summed E-state index contributed by atoms with van der Waals surface area (Å²) < 4.78 is 5.16. The van der Waals surface area contributed by atoms with E-state index < -0.39 is 0 Å². The van der Waals surface area contributed by atoms with Crippen LogP contribution in [0.4, 0.5) is 0 Å². The highest BCUT2D eigenvalue weighted by atomic mass is 16.5. The van der Waals surface area contributed by atoms with E-state index in [1.165, 1.54) is 5.56 Å². The Morgan fingerprint density at radius 3 is 2.90 bits per heavy atom. The minimum atomic E-state index is 0.0864. The van der Waals surface area contributed by atoms with E-state index in [2.05, 4.69) is 10.3 Å². The Hall–Kier alpha value is -2.23. The highest BCUT2D eigenvalue weighted by molar-refractivity contribution is 5.76. The molecule has 0 bridgehead atoms. The van der Waals surface area contributed by atoms with Crippen molar-refractivity contribution in [2.45, 2.75) is 19.3 Å². The fraction of sp³-hybridized carbons (Fsp3) is 0.312. The first-order valence-corrected chi connectivity index (χ1v) is 6.79. The van der Waals surface area contributed by atoms with Crippen LogP contribution in [0.1, 0.15) is 17.5 Å². The maximum Gasteiger partial charge on any atom is 0.220 e. The third-order valence-electron chi connectivity index (χ3n) is 3.17. The van der Waals surface area contributed by atoms with Crippen molar-refractivity contribution < 1.29 is 9.53 Å². The van der Waals surface area contributed by atoms with Crippen molar-refractivity contribution in [1.29, 1.82) is 0 Å². The number of benzene rings is 1. The predicted octanol–water partition coefficient (Wildman–Crippen LogP) is 2.31. The van der Waals surface area contributed by atoms with Crippen LogP contribution in [0.2, 0.25) is 0 Å². The third kappa shape index (κ3) is 4.46. The summed E-state index contributed by atoms with van der Waals surface area (Å²) in [6.45, 7) is 0.675. The first-order valence-electron chi connectivity index (χ1n) is 6.79. The van der Waals surface area contributed by atoms with Gasteiger partial charge in [-0.15, -0.1) is 0 Å². The van der Waals surface area contributed by atoms with Gasteiger partial charge in [-0.25, -0.2) is 0 Å². The van der Waals surface area contributed by atoms with Gasteiger partial charge in [0.15, 0.2) is 0 Å². The van der Waals surface area contributed by atoms with E-state index in [4.69, 9.17) is 4.74 Å². The van der Waals surface area contributed by atoms with E-state index in [1.54, 1.807) is 7.11 Å². The number of amides is 1. The largest absolute Gasteiger partial charge is 0.497 e. The Labute approximate surface area is 119 Å². The van der Waals surface area contributed by atoms with Gasteiger partial charge in [0.2, 0.25) is 5.91 Å². The monoisotopic (exact) mass is 272 g/mol. The number of carbonyl (C=O) groups is 1. The minimum Gasteiger partial charge on any atom is -0.497 e. The molecule has 106 valence electrons. The first-order chi connectivity index (χ1) is 9.78. The van der Waals surface area contributed by atoms with Crippen LogP contribution >= 0.6 is 0 Å². The van der Waals surface area contributed by atoms with Crippen molar-refractivity contribution in [3.8, 4) is 5.75 Å². The molecule has 2 N–H and O–H groups in total. The number of H-pyrrole nitrogens is 1. The van der Waals surface area contributed by atoms with Crippen molar-refractivity contribution in [2.75, 3.05) is 13.7 Å². The van der Waals surface area contributed by atoms with Gasteiger partial charge < -0.3 is 15.0 Å². The Balaban J connectivity index is 1.69. The Kier molecular flexibility index (Phi) is 5.24. The SMILES string of the molecule is COc1cccc(CCC(=O)NCCc2cc[nH]c2)c1. The summed E-state index contributed by atoms with van der Waals surface area (Å²) in [5.41, 5.74) is 2.32. The number of ether oxygens (including phenoxy) is 1. The van der Waals surface area contributed by atoms with E-state index in [-0.39, 0.29) is 5.91 Å². The molecule has 0 radical (unpaired) electrons. The van der Waals surface area contributed by atoms with E-state index >= 15 is 0 Å². The summed E-state index contributed by atoms with van der Waals surface area (Å²) in [6.07, 6.45) is 5.92. The van der Waals surface area contributed by atoms with Crippen LogP contribution in [-0.4, -0.2) is 24.5 Å². The van der Waals surface area contributed by atoms with Crippen molar-refractivity contribution in [2.24, 2.45) is 0 Å². The number of methoxy groups -OCH3 is 1. The van der Waals surface area contributed by atoms with Crippen molar-refractivity contribution in [1.82, 2.24) is 10.3 Å². The normalized spacial score (nSPS) is 10.2. The van der Waals surface area contributed by atoms with Crippen LogP contribution in [0.3, 0.4) is 0 Å². The zero-order valence-corrected chi connectivity index (χ0v) is 11.7. The zero-order valence-electron chi connectivity index (χ0n) is 11.7. The molecule has 0 aliphatic carbocycles. The molecule has 2 rings (SSSR count). The lowest BCUT2D eigenvalue weighted by atomic mass is 10.1. The zero-order chi connectivity index (χ0) is 14.2. The molecule has 0 saturated carbocycles.